The minimum absolute atomic E-state index is 0.0771. The Balaban J connectivity index is 2.11. The lowest BCUT2D eigenvalue weighted by molar-refractivity contribution is -0.133. The first kappa shape index (κ1) is 13.9. The molecular weight excluding hydrogens is 202 g/mol. The Morgan fingerprint density at radius 1 is 1.19 bits per heavy atom. The monoisotopic (exact) mass is 229 g/mol. The molecule has 1 saturated carbocycles. The van der Waals surface area contributed by atoms with Gasteiger partial charge in [-0.2, -0.15) is 0 Å². The molecule has 96 valence electrons. The predicted molar refractivity (Wildman–Crippen MR) is 66.4 cm³/mol. The van der Waals surface area contributed by atoms with Crippen molar-refractivity contribution in [3.8, 4) is 0 Å². The first-order chi connectivity index (χ1) is 7.77. The second-order valence-electron chi connectivity index (χ2n) is 4.67. The minimum atomic E-state index is -0.0771. The summed E-state index contributed by atoms with van der Waals surface area (Å²) >= 11 is 0. The van der Waals surface area contributed by atoms with Gasteiger partial charge in [-0.3, -0.25) is 0 Å². The van der Waals surface area contributed by atoms with E-state index in [0.717, 1.165) is 24.9 Å². The summed E-state index contributed by atoms with van der Waals surface area (Å²) in [6.07, 6.45) is 4.09. The summed E-state index contributed by atoms with van der Waals surface area (Å²) in [6.45, 7) is 9.72. The molecule has 0 heterocycles. The van der Waals surface area contributed by atoms with Gasteiger partial charge in [0.15, 0.2) is 6.29 Å². The van der Waals surface area contributed by atoms with Crippen molar-refractivity contribution in [3.05, 3.63) is 0 Å². The van der Waals surface area contributed by atoms with E-state index in [1.165, 1.54) is 19.3 Å². The number of rotatable bonds is 8. The second-order valence-corrected chi connectivity index (χ2v) is 4.67. The highest BCUT2D eigenvalue weighted by Gasteiger charge is 2.22. The van der Waals surface area contributed by atoms with E-state index in [0.29, 0.717) is 13.2 Å². The van der Waals surface area contributed by atoms with Crippen LogP contribution in [-0.4, -0.2) is 32.6 Å². The highest BCUT2D eigenvalue weighted by Crippen LogP contribution is 2.30. The molecule has 0 amide bonds. The van der Waals surface area contributed by atoms with Crippen molar-refractivity contribution in [3.63, 3.8) is 0 Å². The van der Waals surface area contributed by atoms with E-state index in [4.69, 9.17) is 9.47 Å². The van der Waals surface area contributed by atoms with E-state index in [2.05, 4.69) is 12.2 Å². The highest BCUT2D eigenvalue weighted by molar-refractivity contribution is 4.76. The van der Waals surface area contributed by atoms with E-state index in [1.54, 1.807) is 0 Å². The molecule has 1 fully saturated rings. The van der Waals surface area contributed by atoms with Gasteiger partial charge in [0.25, 0.3) is 0 Å². The van der Waals surface area contributed by atoms with Gasteiger partial charge >= 0.3 is 0 Å². The molecule has 3 heteroatoms. The average Bonchev–Trinajstić information content (AvgIpc) is 2.65. The van der Waals surface area contributed by atoms with Crippen LogP contribution in [0.4, 0.5) is 0 Å². The molecule has 0 aromatic rings. The summed E-state index contributed by atoms with van der Waals surface area (Å²) in [5.74, 6) is 1.73. The van der Waals surface area contributed by atoms with Crippen LogP contribution in [0.2, 0.25) is 0 Å². The maximum absolute atomic E-state index is 5.49. The van der Waals surface area contributed by atoms with Gasteiger partial charge in [0.2, 0.25) is 0 Å². The second kappa shape index (κ2) is 8.04. The van der Waals surface area contributed by atoms with Crippen molar-refractivity contribution in [2.24, 2.45) is 11.8 Å². The van der Waals surface area contributed by atoms with E-state index >= 15 is 0 Å². The zero-order valence-corrected chi connectivity index (χ0v) is 11.0. The first-order valence-electron chi connectivity index (χ1n) is 6.71. The molecule has 1 aliphatic carbocycles. The maximum Gasteiger partial charge on any atom is 0.169 e. The number of hydrogen-bond donors (Lipinski definition) is 1. The zero-order chi connectivity index (χ0) is 11.8. The van der Waals surface area contributed by atoms with Crippen molar-refractivity contribution in [1.82, 2.24) is 5.32 Å². The Labute approximate surface area is 99.9 Å². The fraction of sp³-hybridized carbons (Fsp3) is 1.00. The third-order valence-electron chi connectivity index (χ3n) is 3.46. The highest BCUT2D eigenvalue weighted by atomic mass is 16.7. The number of nitrogens with one attached hydrogen (secondary N) is 1. The molecule has 0 aromatic heterocycles. The lowest BCUT2D eigenvalue weighted by atomic mass is 9.98. The van der Waals surface area contributed by atoms with Crippen LogP contribution in [0.3, 0.4) is 0 Å². The summed E-state index contributed by atoms with van der Waals surface area (Å²) < 4.78 is 11.0. The molecule has 1 aliphatic rings. The Morgan fingerprint density at radius 2 is 1.88 bits per heavy atom. The largest absolute Gasteiger partial charge is 0.352 e. The van der Waals surface area contributed by atoms with Crippen LogP contribution >= 0.6 is 0 Å². The summed E-state index contributed by atoms with van der Waals surface area (Å²) in [5.41, 5.74) is 0. The van der Waals surface area contributed by atoms with Gasteiger partial charge in [-0.15, -0.1) is 0 Å². The molecule has 0 radical (unpaired) electrons. The summed E-state index contributed by atoms with van der Waals surface area (Å²) in [5, 5.41) is 3.48. The van der Waals surface area contributed by atoms with Crippen molar-refractivity contribution >= 4 is 0 Å². The molecule has 2 unspecified atom stereocenters. The van der Waals surface area contributed by atoms with Crippen LogP contribution in [0, 0.1) is 11.8 Å². The Bertz CT molecular complexity index is 169. The van der Waals surface area contributed by atoms with Crippen LogP contribution in [0.1, 0.15) is 40.0 Å². The average molecular weight is 229 g/mol. The molecule has 1 N–H and O–H groups in total. The fourth-order valence-corrected chi connectivity index (χ4v) is 2.45. The van der Waals surface area contributed by atoms with Crippen molar-refractivity contribution < 1.29 is 9.47 Å². The van der Waals surface area contributed by atoms with Gasteiger partial charge in [-0.1, -0.05) is 19.8 Å². The SMILES string of the molecule is CCOC(CNCC1CCCC1C)OCC. The lowest BCUT2D eigenvalue weighted by Gasteiger charge is -2.20. The number of ether oxygens (including phenoxy) is 2. The van der Waals surface area contributed by atoms with Crippen LogP contribution < -0.4 is 5.32 Å². The molecule has 0 saturated heterocycles. The molecule has 0 aromatic carbocycles. The molecule has 16 heavy (non-hydrogen) atoms. The molecule has 2 atom stereocenters. The standard InChI is InChI=1S/C13H27NO2/c1-4-15-13(16-5-2)10-14-9-12-8-6-7-11(12)3/h11-14H,4-10H2,1-3H3. The van der Waals surface area contributed by atoms with Crippen LogP contribution in [-0.2, 0) is 9.47 Å². The summed E-state index contributed by atoms with van der Waals surface area (Å²) in [6, 6.07) is 0. The molecule has 0 spiro atoms. The normalized spacial score (nSPS) is 25.5. The Morgan fingerprint density at radius 3 is 2.38 bits per heavy atom. The Hall–Kier alpha value is -0.120. The maximum atomic E-state index is 5.49. The molecule has 1 rings (SSSR count). The van der Waals surface area contributed by atoms with E-state index in [1.807, 2.05) is 13.8 Å². The third-order valence-corrected chi connectivity index (χ3v) is 3.46. The van der Waals surface area contributed by atoms with Crippen LogP contribution in [0.5, 0.6) is 0 Å². The zero-order valence-electron chi connectivity index (χ0n) is 11.0. The van der Waals surface area contributed by atoms with Gasteiger partial charge in [-0.05, 0) is 38.6 Å². The van der Waals surface area contributed by atoms with E-state index < -0.39 is 0 Å². The summed E-state index contributed by atoms with van der Waals surface area (Å²) in [4.78, 5) is 0. The van der Waals surface area contributed by atoms with Crippen molar-refractivity contribution in [1.29, 1.82) is 0 Å². The lowest BCUT2D eigenvalue weighted by Crippen LogP contribution is -2.34. The quantitative estimate of drug-likeness (QED) is 0.648. The first-order valence-corrected chi connectivity index (χ1v) is 6.71. The molecular formula is C13H27NO2. The smallest absolute Gasteiger partial charge is 0.169 e. The van der Waals surface area contributed by atoms with Crippen LogP contribution in [0.25, 0.3) is 0 Å². The van der Waals surface area contributed by atoms with Crippen molar-refractivity contribution in [2.75, 3.05) is 26.3 Å². The summed E-state index contributed by atoms with van der Waals surface area (Å²) in [7, 11) is 0. The fourth-order valence-electron chi connectivity index (χ4n) is 2.45. The van der Waals surface area contributed by atoms with E-state index in [-0.39, 0.29) is 6.29 Å². The molecule has 3 nitrogen and oxygen atoms in total. The van der Waals surface area contributed by atoms with Gasteiger partial charge in [0, 0.05) is 19.8 Å². The van der Waals surface area contributed by atoms with Gasteiger partial charge in [-0.25, -0.2) is 0 Å². The molecule has 0 bridgehead atoms. The topological polar surface area (TPSA) is 30.5 Å². The third kappa shape index (κ3) is 4.81. The minimum Gasteiger partial charge on any atom is -0.352 e. The van der Waals surface area contributed by atoms with Gasteiger partial charge in [0.05, 0.1) is 0 Å². The van der Waals surface area contributed by atoms with Crippen LogP contribution in [0.15, 0.2) is 0 Å². The van der Waals surface area contributed by atoms with Crippen molar-refractivity contribution in [2.45, 2.75) is 46.3 Å². The molecule has 0 aliphatic heterocycles. The van der Waals surface area contributed by atoms with E-state index in [9.17, 15) is 0 Å². The predicted octanol–water partition coefficient (Wildman–Crippen LogP) is 2.41. The van der Waals surface area contributed by atoms with Gasteiger partial charge in [0.1, 0.15) is 0 Å². The van der Waals surface area contributed by atoms with Gasteiger partial charge < -0.3 is 14.8 Å². The Kier molecular flexibility index (Phi) is 7.01. The number of hydrogen-bond acceptors (Lipinski definition) is 3.